The zero-order valence-electron chi connectivity index (χ0n) is 11.8. The minimum Gasteiger partial charge on any atom is -0.271 e. The third-order valence-electron chi connectivity index (χ3n) is 4.43. The predicted octanol–water partition coefficient (Wildman–Crippen LogP) is 3.82. The second-order valence-corrected chi connectivity index (χ2v) is 6.41. The van der Waals surface area contributed by atoms with Crippen LogP contribution >= 0.6 is 0 Å². The summed E-state index contributed by atoms with van der Waals surface area (Å²) in [7, 11) is 0. The summed E-state index contributed by atoms with van der Waals surface area (Å²) in [4.78, 5) is 0. The van der Waals surface area contributed by atoms with Crippen LogP contribution in [0.15, 0.2) is 12.1 Å². The largest absolute Gasteiger partial charge is 0.271 e. The van der Waals surface area contributed by atoms with Crippen molar-refractivity contribution in [3.63, 3.8) is 0 Å². The lowest BCUT2D eigenvalue weighted by atomic mass is 9.70. The highest BCUT2D eigenvalue weighted by atomic mass is 19.2. The Morgan fingerprint density at radius 2 is 1.75 bits per heavy atom. The highest BCUT2D eigenvalue weighted by molar-refractivity contribution is 5.24. The van der Waals surface area contributed by atoms with E-state index in [2.05, 4.69) is 19.3 Å². The van der Waals surface area contributed by atoms with Crippen LogP contribution in [0.4, 0.5) is 13.2 Å². The molecular weight excluding hydrogens is 265 g/mol. The quantitative estimate of drug-likeness (QED) is 0.503. The summed E-state index contributed by atoms with van der Waals surface area (Å²) in [6.07, 6.45) is 3.81. The van der Waals surface area contributed by atoms with Gasteiger partial charge in [0, 0.05) is 5.56 Å². The van der Waals surface area contributed by atoms with E-state index in [0.29, 0.717) is 0 Å². The van der Waals surface area contributed by atoms with Crippen molar-refractivity contribution in [1.29, 1.82) is 0 Å². The second-order valence-electron chi connectivity index (χ2n) is 6.41. The fraction of sp³-hybridized carbons (Fsp3) is 0.600. The highest BCUT2D eigenvalue weighted by Gasteiger charge is 2.33. The molecule has 0 amide bonds. The lowest BCUT2D eigenvalue weighted by Crippen LogP contribution is -2.37. The average Bonchev–Trinajstić information content (AvgIpc) is 2.41. The SMILES string of the molecule is CC1(C)CCC(C(NN)c2ccc(F)c(F)c2F)CC1. The lowest BCUT2D eigenvalue weighted by molar-refractivity contribution is 0.159. The first-order chi connectivity index (χ1) is 9.35. The summed E-state index contributed by atoms with van der Waals surface area (Å²) >= 11 is 0. The molecule has 0 radical (unpaired) electrons. The van der Waals surface area contributed by atoms with Gasteiger partial charge in [0.1, 0.15) is 0 Å². The first-order valence-electron chi connectivity index (χ1n) is 6.95. The summed E-state index contributed by atoms with van der Waals surface area (Å²) in [5.74, 6) is 1.91. The third-order valence-corrected chi connectivity index (χ3v) is 4.43. The maximum Gasteiger partial charge on any atom is 0.194 e. The number of hydrogen-bond donors (Lipinski definition) is 2. The molecule has 1 aromatic carbocycles. The van der Waals surface area contributed by atoms with Crippen LogP contribution in [0.3, 0.4) is 0 Å². The van der Waals surface area contributed by atoms with Crippen LogP contribution in [0.1, 0.15) is 51.1 Å². The molecule has 0 spiro atoms. The van der Waals surface area contributed by atoms with Crippen molar-refractivity contribution in [3.05, 3.63) is 35.1 Å². The average molecular weight is 286 g/mol. The molecule has 0 bridgehead atoms. The minimum absolute atomic E-state index is 0.108. The molecule has 1 atom stereocenters. The van der Waals surface area contributed by atoms with Gasteiger partial charge in [0.25, 0.3) is 0 Å². The topological polar surface area (TPSA) is 38.0 Å². The Labute approximate surface area is 117 Å². The third kappa shape index (κ3) is 2.99. The molecule has 0 aliphatic heterocycles. The molecule has 1 aromatic rings. The van der Waals surface area contributed by atoms with Crippen molar-refractivity contribution in [2.75, 3.05) is 0 Å². The Morgan fingerprint density at radius 1 is 1.15 bits per heavy atom. The number of hydrogen-bond acceptors (Lipinski definition) is 2. The molecule has 0 saturated heterocycles. The Hall–Kier alpha value is -1.07. The highest BCUT2D eigenvalue weighted by Crippen LogP contribution is 2.43. The van der Waals surface area contributed by atoms with E-state index in [1.54, 1.807) is 0 Å². The van der Waals surface area contributed by atoms with E-state index < -0.39 is 23.5 Å². The summed E-state index contributed by atoms with van der Waals surface area (Å²) in [6, 6.07) is 1.74. The van der Waals surface area contributed by atoms with Crippen LogP contribution in [-0.4, -0.2) is 0 Å². The van der Waals surface area contributed by atoms with Crippen LogP contribution in [0.25, 0.3) is 0 Å². The fourth-order valence-electron chi connectivity index (χ4n) is 3.02. The molecule has 5 heteroatoms. The van der Waals surface area contributed by atoms with E-state index in [0.717, 1.165) is 31.7 Å². The molecular formula is C15H21F3N2. The molecule has 1 unspecified atom stereocenters. The standard InChI is InChI=1S/C15H21F3N2/c1-15(2)7-5-9(6-8-15)14(20-19)10-3-4-11(16)13(18)12(10)17/h3-4,9,14,20H,5-8,19H2,1-2H3. The molecule has 2 nitrogen and oxygen atoms in total. The van der Waals surface area contributed by atoms with E-state index in [-0.39, 0.29) is 16.9 Å². The van der Waals surface area contributed by atoms with Crippen molar-refractivity contribution in [3.8, 4) is 0 Å². The van der Waals surface area contributed by atoms with Crippen LogP contribution in [-0.2, 0) is 0 Å². The van der Waals surface area contributed by atoms with Gasteiger partial charge >= 0.3 is 0 Å². The normalized spacial score (nSPS) is 20.9. The van der Waals surface area contributed by atoms with E-state index in [4.69, 9.17) is 5.84 Å². The zero-order valence-corrected chi connectivity index (χ0v) is 11.8. The fourth-order valence-corrected chi connectivity index (χ4v) is 3.02. The van der Waals surface area contributed by atoms with Gasteiger partial charge in [-0.25, -0.2) is 13.2 Å². The molecule has 1 fully saturated rings. The molecule has 1 aliphatic rings. The number of rotatable bonds is 3. The summed E-state index contributed by atoms with van der Waals surface area (Å²) in [5.41, 5.74) is 2.96. The first kappa shape index (κ1) is 15.3. The van der Waals surface area contributed by atoms with E-state index >= 15 is 0 Å². The number of hydrazine groups is 1. The molecule has 20 heavy (non-hydrogen) atoms. The van der Waals surface area contributed by atoms with Gasteiger partial charge in [-0.3, -0.25) is 11.3 Å². The van der Waals surface area contributed by atoms with Gasteiger partial charge in [-0.05, 0) is 43.1 Å². The van der Waals surface area contributed by atoms with Gasteiger partial charge < -0.3 is 0 Å². The Kier molecular flexibility index (Phi) is 4.39. The number of nitrogens with two attached hydrogens (primary N) is 1. The predicted molar refractivity (Wildman–Crippen MR) is 72.1 cm³/mol. The maximum atomic E-state index is 13.9. The van der Waals surface area contributed by atoms with Gasteiger partial charge in [-0.2, -0.15) is 0 Å². The summed E-state index contributed by atoms with van der Waals surface area (Å²) in [6.45, 7) is 4.40. The first-order valence-corrected chi connectivity index (χ1v) is 6.95. The molecule has 2 rings (SSSR count). The maximum absolute atomic E-state index is 13.9. The van der Waals surface area contributed by atoms with E-state index in [1.807, 2.05) is 0 Å². The van der Waals surface area contributed by atoms with Gasteiger partial charge in [-0.1, -0.05) is 19.9 Å². The smallest absolute Gasteiger partial charge is 0.194 e. The van der Waals surface area contributed by atoms with Crippen LogP contribution in [0.5, 0.6) is 0 Å². The van der Waals surface area contributed by atoms with Gasteiger partial charge in [0.2, 0.25) is 0 Å². The Balaban J connectivity index is 2.23. The van der Waals surface area contributed by atoms with Crippen molar-refractivity contribution in [2.24, 2.45) is 17.2 Å². The van der Waals surface area contributed by atoms with Gasteiger partial charge in [-0.15, -0.1) is 0 Å². The van der Waals surface area contributed by atoms with E-state index in [1.165, 1.54) is 6.07 Å². The molecule has 1 aliphatic carbocycles. The number of benzene rings is 1. The lowest BCUT2D eigenvalue weighted by Gasteiger charge is -2.38. The molecule has 0 heterocycles. The Morgan fingerprint density at radius 3 is 2.30 bits per heavy atom. The van der Waals surface area contributed by atoms with Crippen LogP contribution in [0, 0.1) is 28.8 Å². The summed E-state index contributed by atoms with van der Waals surface area (Å²) < 4.78 is 40.3. The van der Waals surface area contributed by atoms with Crippen molar-refractivity contribution in [1.82, 2.24) is 5.43 Å². The Bertz CT molecular complexity index is 478. The summed E-state index contributed by atoms with van der Waals surface area (Å²) in [5, 5.41) is 0. The number of nitrogens with one attached hydrogen (secondary N) is 1. The van der Waals surface area contributed by atoms with Gasteiger partial charge in [0.15, 0.2) is 17.5 Å². The van der Waals surface area contributed by atoms with Crippen molar-refractivity contribution >= 4 is 0 Å². The second kappa shape index (κ2) is 5.74. The molecule has 0 aromatic heterocycles. The molecule has 3 N–H and O–H groups in total. The van der Waals surface area contributed by atoms with Crippen LogP contribution in [0.2, 0.25) is 0 Å². The van der Waals surface area contributed by atoms with Crippen molar-refractivity contribution < 1.29 is 13.2 Å². The number of halogens is 3. The minimum atomic E-state index is -1.43. The molecule has 1 saturated carbocycles. The zero-order chi connectivity index (χ0) is 14.9. The molecule has 112 valence electrons. The monoisotopic (exact) mass is 286 g/mol. The van der Waals surface area contributed by atoms with E-state index in [9.17, 15) is 13.2 Å². The van der Waals surface area contributed by atoms with Crippen LogP contribution < -0.4 is 11.3 Å². The van der Waals surface area contributed by atoms with Crippen molar-refractivity contribution in [2.45, 2.75) is 45.6 Å². The van der Waals surface area contributed by atoms with Gasteiger partial charge in [0.05, 0.1) is 6.04 Å².